The second-order valence-corrected chi connectivity index (χ2v) is 4.92. The molecule has 1 N–H and O–H groups in total. The van der Waals surface area contributed by atoms with E-state index < -0.39 is 0 Å². The van der Waals surface area contributed by atoms with E-state index in [4.69, 9.17) is 4.74 Å². The normalized spacial score (nSPS) is 10.2. The molecule has 2 rings (SSSR count). The van der Waals surface area contributed by atoms with Gasteiger partial charge in [0.05, 0.1) is 13.0 Å². The highest BCUT2D eigenvalue weighted by molar-refractivity contribution is 5.91. The van der Waals surface area contributed by atoms with E-state index in [0.29, 0.717) is 17.9 Å². The number of benzene rings is 2. The number of carbonyl (C=O) groups is 1. The van der Waals surface area contributed by atoms with E-state index in [9.17, 15) is 9.18 Å². The first-order valence-electron chi connectivity index (χ1n) is 6.80. The molecule has 21 heavy (non-hydrogen) atoms. The molecule has 2 aromatic carbocycles. The number of rotatable bonds is 5. The maximum atomic E-state index is 13.0. The molecular weight excluding hydrogens is 269 g/mol. The summed E-state index contributed by atoms with van der Waals surface area (Å²) in [5, 5.41) is 2.75. The lowest BCUT2D eigenvalue weighted by Crippen LogP contribution is -2.15. The average Bonchev–Trinajstić information content (AvgIpc) is 2.42. The zero-order valence-corrected chi connectivity index (χ0v) is 12.2. The van der Waals surface area contributed by atoms with Gasteiger partial charge in [-0.3, -0.25) is 4.79 Å². The summed E-state index contributed by atoms with van der Waals surface area (Å²) in [4.78, 5) is 11.8. The van der Waals surface area contributed by atoms with Gasteiger partial charge in [-0.05, 0) is 55.3 Å². The van der Waals surface area contributed by atoms with Crippen LogP contribution in [0.1, 0.15) is 17.5 Å². The minimum Gasteiger partial charge on any atom is -0.493 e. The van der Waals surface area contributed by atoms with Crippen LogP contribution in [0, 0.1) is 19.7 Å². The van der Waals surface area contributed by atoms with Crippen molar-refractivity contribution in [2.24, 2.45) is 0 Å². The lowest BCUT2D eigenvalue weighted by molar-refractivity contribution is -0.116. The summed E-state index contributed by atoms with van der Waals surface area (Å²) in [6, 6.07) is 11.9. The molecule has 2 aromatic rings. The van der Waals surface area contributed by atoms with Crippen molar-refractivity contribution in [3.8, 4) is 5.75 Å². The summed E-state index contributed by atoms with van der Waals surface area (Å²) in [6.07, 6.45) is 0.241. The van der Waals surface area contributed by atoms with E-state index >= 15 is 0 Å². The van der Waals surface area contributed by atoms with Gasteiger partial charge in [-0.1, -0.05) is 12.1 Å². The molecule has 4 heteroatoms. The van der Waals surface area contributed by atoms with Crippen molar-refractivity contribution in [2.45, 2.75) is 20.3 Å². The van der Waals surface area contributed by atoms with E-state index in [1.807, 2.05) is 31.2 Å². The van der Waals surface area contributed by atoms with E-state index in [1.54, 1.807) is 13.0 Å². The first-order chi connectivity index (χ1) is 10.0. The first kappa shape index (κ1) is 15.0. The maximum Gasteiger partial charge on any atom is 0.227 e. The summed E-state index contributed by atoms with van der Waals surface area (Å²) < 4.78 is 18.5. The number of halogens is 1. The third-order valence-corrected chi connectivity index (χ3v) is 3.05. The largest absolute Gasteiger partial charge is 0.493 e. The Morgan fingerprint density at radius 2 is 2.00 bits per heavy atom. The Morgan fingerprint density at radius 1 is 1.19 bits per heavy atom. The molecule has 0 fully saturated rings. The quantitative estimate of drug-likeness (QED) is 0.907. The van der Waals surface area contributed by atoms with Gasteiger partial charge in [-0.15, -0.1) is 0 Å². The molecule has 0 heterocycles. The van der Waals surface area contributed by atoms with Gasteiger partial charge in [0.2, 0.25) is 5.91 Å². The van der Waals surface area contributed by atoms with Crippen LogP contribution in [0.4, 0.5) is 10.1 Å². The SMILES string of the molecule is Cc1cccc(OCCC(=O)Nc2ccc(F)cc2C)c1. The number of aryl methyl sites for hydroxylation is 2. The molecular formula is C17H18FNO2. The van der Waals surface area contributed by atoms with Gasteiger partial charge < -0.3 is 10.1 Å². The van der Waals surface area contributed by atoms with Gasteiger partial charge in [0, 0.05) is 5.69 Å². The Kier molecular flexibility index (Phi) is 4.93. The van der Waals surface area contributed by atoms with Gasteiger partial charge >= 0.3 is 0 Å². The third kappa shape index (κ3) is 4.60. The molecule has 0 radical (unpaired) electrons. The minimum absolute atomic E-state index is 0.155. The fraction of sp³-hybridized carbons (Fsp3) is 0.235. The van der Waals surface area contributed by atoms with Crippen LogP contribution in [-0.4, -0.2) is 12.5 Å². The second kappa shape index (κ2) is 6.88. The van der Waals surface area contributed by atoms with Crippen LogP contribution >= 0.6 is 0 Å². The molecule has 0 atom stereocenters. The lowest BCUT2D eigenvalue weighted by atomic mass is 10.2. The number of nitrogens with one attached hydrogen (secondary N) is 1. The number of amides is 1. The molecule has 0 aliphatic heterocycles. The van der Waals surface area contributed by atoms with Gasteiger partial charge in [0.1, 0.15) is 11.6 Å². The number of hydrogen-bond donors (Lipinski definition) is 1. The summed E-state index contributed by atoms with van der Waals surface area (Å²) in [7, 11) is 0. The van der Waals surface area contributed by atoms with Crippen LogP contribution in [0.5, 0.6) is 5.75 Å². The van der Waals surface area contributed by atoms with Crippen molar-refractivity contribution in [1.82, 2.24) is 0 Å². The van der Waals surface area contributed by atoms with Crippen LogP contribution in [0.25, 0.3) is 0 Å². The fourth-order valence-corrected chi connectivity index (χ4v) is 1.95. The Balaban J connectivity index is 1.82. The number of anilines is 1. The smallest absolute Gasteiger partial charge is 0.227 e. The Hall–Kier alpha value is -2.36. The van der Waals surface area contributed by atoms with E-state index in [2.05, 4.69) is 5.32 Å². The zero-order chi connectivity index (χ0) is 15.2. The monoisotopic (exact) mass is 287 g/mol. The molecule has 3 nitrogen and oxygen atoms in total. The predicted octanol–water partition coefficient (Wildman–Crippen LogP) is 3.85. The van der Waals surface area contributed by atoms with E-state index in [-0.39, 0.29) is 18.1 Å². The van der Waals surface area contributed by atoms with Crippen LogP contribution in [0.2, 0.25) is 0 Å². The predicted molar refractivity (Wildman–Crippen MR) is 81.1 cm³/mol. The Morgan fingerprint density at radius 3 is 2.71 bits per heavy atom. The molecule has 0 aliphatic carbocycles. The van der Waals surface area contributed by atoms with Crippen LogP contribution < -0.4 is 10.1 Å². The second-order valence-electron chi connectivity index (χ2n) is 4.92. The highest BCUT2D eigenvalue weighted by atomic mass is 19.1. The molecule has 0 spiro atoms. The zero-order valence-electron chi connectivity index (χ0n) is 12.2. The van der Waals surface area contributed by atoms with Gasteiger partial charge in [-0.2, -0.15) is 0 Å². The van der Waals surface area contributed by atoms with Crippen LogP contribution in [0.3, 0.4) is 0 Å². The van der Waals surface area contributed by atoms with Gasteiger partial charge in [-0.25, -0.2) is 4.39 Å². The highest BCUT2D eigenvalue weighted by Crippen LogP contribution is 2.16. The summed E-state index contributed by atoms with van der Waals surface area (Å²) in [5.41, 5.74) is 2.43. The first-order valence-corrected chi connectivity index (χ1v) is 6.80. The highest BCUT2D eigenvalue weighted by Gasteiger charge is 2.06. The number of ether oxygens (including phenoxy) is 1. The van der Waals surface area contributed by atoms with Crippen LogP contribution in [-0.2, 0) is 4.79 Å². The van der Waals surface area contributed by atoms with Crippen molar-refractivity contribution < 1.29 is 13.9 Å². The Bertz CT molecular complexity index is 640. The third-order valence-electron chi connectivity index (χ3n) is 3.05. The summed E-state index contributed by atoms with van der Waals surface area (Å²) in [5.74, 6) is 0.284. The fourth-order valence-electron chi connectivity index (χ4n) is 1.95. The van der Waals surface area contributed by atoms with Gasteiger partial charge in [0.15, 0.2) is 0 Å². The number of carbonyl (C=O) groups excluding carboxylic acids is 1. The van der Waals surface area contributed by atoms with Crippen LogP contribution in [0.15, 0.2) is 42.5 Å². The molecule has 0 bridgehead atoms. The summed E-state index contributed by atoms with van der Waals surface area (Å²) >= 11 is 0. The van der Waals surface area contributed by atoms with Crippen molar-refractivity contribution in [2.75, 3.05) is 11.9 Å². The van der Waals surface area contributed by atoms with E-state index in [1.165, 1.54) is 12.1 Å². The van der Waals surface area contributed by atoms with Crippen molar-refractivity contribution in [1.29, 1.82) is 0 Å². The average molecular weight is 287 g/mol. The molecule has 0 aliphatic rings. The van der Waals surface area contributed by atoms with Crippen molar-refractivity contribution >= 4 is 11.6 Å². The van der Waals surface area contributed by atoms with E-state index in [0.717, 1.165) is 11.3 Å². The minimum atomic E-state index is -0.312. The van der Waals surface area contributed by atoms with Gasteiger partial charge in [0.25, 0.3) is 0 Å². The standard InChI is InChI=1S/C17H18FNO2/c1-12-4-3-5-15(10-12)21-9-8-17(20)19-16-7-6-14(18)11-13(16)2/h3-7,10-11H,8-9H2,1-2H3,(H,19,20). The Labute approximate surface area is 123 Å². The maximum absolute atomic E-state index is 13.0. The van der Waals surface area contributed by atoms with Crippen molar-refractivity contribution in [3.63, 3.8) is 0 Å². The van der Waals surface area contributed by atoms with Crippen molar-refractivity contribution in [3.05, 3.63) is 59.4 Å². The lowest BCUT2D eigenvalue weighted by Gasteiger charge is -2.09. The molecule has 110 valence electrons. The molecule has 0 saturated heterocycles. The number of hydrogen-bond acceptors (Lipinski definition) is 2. The molecule has 0 aromatic heterocycles. The topological polar surface area (TPSA) is 38.3 Å². The molecule has 0 saturated carbocycles. The summed E-state index contributed by atoms with van der Waals surface area (Å²) in [6.45, 7) is 4.04. The molecule has 0 unspecified atom stereocenters. The molecule has 1 amide bonds.